The maximum absolute atomic E-state index is 13.9. The van der Waals surface area contributed by atoms with E-state index in [1.807, 2.05) is 0 Å². The molecule has 2 aliphatic rings. The Bertz CT molecular complexity index is 1890. The van der Waals surface area contributed by atoms with Crippen LogP contribution in [0.3, 0.4) is 0 Å². The minimum absolute atomic E-state index is 0.0228. The molecule has 44 heavy (non-hydrogen) atoms. The molecule has 0 bridgehead atoms. The van der Waals surface area contributed by atoms with E-state index in [4.69, 9.17) is 14.2 Å². The minimum atomic E-state index is -1.58. The summed E-state index contributed by atoms with van der Waals surface area (Å²) in [6.45, 7) is 6.18. The molecule has 1 aromatic heterocycles. The fourth-order valence-electron chi connectivity index (χ4n) is 5.51. The second-order valence-electron chi connectivity index (χ2n) is 10.6. The van der Waals surface area contributed by atoms with E-state index in [9.17, 15) is 29.4 Å². The maximum atomic E-state index is 13.9. The molecule has 2 aromatic carbocycles. The fraction of sp³-hybridized carbons (Fsp3) is 0.323. The van der Waals surface area contributed by atoms with Crippen LogP contribution in [0.1, 0.15) is 48.1 Å². The number of thioether (sulfide) groups is 1. The van der Waals surface area contributed by atoms with Gasteiger partial charge in [0.2, 0.25) is 0 Å². The van der Waals surface area contributed by atoms with Crippen molar-refractivity contribution in [2.45, 2.75) is 38.9 Å². The normalized spacial score (nSPS) is 18.4. The van der Waals surface area contributed by atoms with Crippen LogP contribution in [0.2, 0.25) is 0 Å². The van der Waals surface area contributed by atoms with Crippen LogP contribution in [-0.2, 0) is 20.8 Å². The third-order valence-corrected chi connectivity index (χ3v) is 8.87. The van der Waals surface area contributed by atoms with Crippen LogP contribution in [0.4, 0.5) is 0 Å². The number of nitrogens with zero attached hydrogens (tertiary/aromatic N) is 1. The van der Waals surface area contributed by atoms with Gasteiger partial charge in [0, 0.05) is 35.7 Å². The lowest BCUT2D eigenvalue weighted by Crippen LogP contribution is -2.41. The first kappa shape index (κ1) is 30.7. The molecule has 5 rings (SSSR count). The van der Waals surface area contributed by atoms with E-state index in [0.717, 1.165) is 0 Å². The van der Waals surface area contributed by atoms with Crippen molar-refractivity contribution in [1.29, 1.82) is 0 Å². The largest absolute Gasteiger partial charge is 0.507 e. The first-order valence-corrected chi connectivity index (χ1v) is 14.8. The predicted molar refractivity (Wildman–Crippen MR) is 163 cm³/mol. The zero-order valence-electron chi connectivity index (χ0n) is 25.0. The number of ether oxygens (including phenoxy) is 3. The molecule has 0 spiro atoms. The summed E-state index contributed by atoms with van der Waals surface area (Å²) in [4.78, 5) is 59.3. The molecule has 2 heterocycles. The molecule has 1 aliphatic heterocycles. The second kappa shape index (κ2) is 11.4. The number of hydrogen-bond acceptors (Lipinski definition) is 12. The van der Waals surface area contributed by atoms with Crippen LogP contribution in [0.15, 0.2) is 40.0 Å². The lowest BCUT2D eigenvalue weighted by Gasteiger charge is -2.29. The Balaban J connectivity index is 1.32. The molecular formula is C31H31N3O9S. The van der Waals surface area contributed by atoms with E-state index >= 15 is 0 Å². The van der Waals surface area contributed by atoms with Crippen LogP contribution in [0.25, 0.3) is 10.9 Å². The topological polar surface area (TPSA) is 177 Å². The Morgan fingerprint density at radius 2 is 1.80 bits per heavy atom. The summed E-state index contributed by atoms with van der Waals surface area (Å²) in [5, 5.41) is 25.0. The number of H-pyrrole nitrogens is 1. The van der Waals surface area contributed by atoms with E-state index in [-0.39, 0.29) is 45.1 Å². The van der Waals surface area contributed by atoms with Gasteiger partial charge in [0.05, 0.1) is 42.0 Å². The van der Waals surface area contributed by atoms with E-state index in [1.54, 1.807) is 19.1 Å². The Morgan fingerprint density at radius 1 is 1.11 bits per heavy atom. The number of nitrogens with one attached hydrogen (secondary N) is 2. The molecule has 0 unspecified atom stereocenters. The zero-order valence-corrected chi connectivity index (χ0v) is 25.8. The zero-order chi connectivity index (χ0) is 32.1. The molecular weight excluding hydrogens is 590 g/mol. The van der Waals surface area contributed by atoms with Crippen molar-refractivity contribution in [3.63, 3.8) is 0 Å². The van der Waals surface area contributed by atoms with Gasteiger partial charge in [0.15, 0.2) is 28.8 Å². The number of aromatic amines is 1. The van der Waals surface area contributed by atoms with Gasteiger partial charge in [-0.25, -0.2) is 4.98 Å². The molecule has 3 aromatic rings. The average Bonchev–Trinajstić information content (AvgIpc) is 3.27. The quantitative estimate of drug-likeness (QED) is 0.119. The van der Waals surface area contributed by atoms with Gasteiger partial charge in [0.1, 0.15) is 39.8 Å². The molecule has 0 fully saturated rings. The van der Waals surface area contributed by atoms with Gasteiger partial charge in [0.25, 0.3) is 5.56 Å². The molecule has 0 amide bonds. The van der Waals surface area contributed by atoms with Gasteiger partial charge >= 0.3 is 0 Å². The van der Waals surface area contributed by atoms with Crippen molar-refractivity contribution in [3.8, 4) is 28.7 Å². The number of allylic oxidation sites excluding steroid dienone is 4. The molecule has 0 radical (unpaired) electrons. The highest BCUT2D eigenvalue weighted by atomic mass is 32.2. The van der Waals surface area contributed by atoms with Crippen LogP contribution >= 0.6 is 11.8 Å². The maximum Gasteiger partial charge on any atom is 0.258 e. The summed E-state index contributed by atoms with van der Waals surface area (Å²) in [6.07, 6.45) is 1.18. The average molecular weight is 622 g/mol. The number of phenols is 2. The molecule has 13 heteroatoms. The van der Waals surface area contributed by atoms with Crippen LogP contribution < -0.4 is 25.1 Å². The number of aromatic hydroxyl groups is 2. The predicted octanol–water partition coefficient (Wildman–Crippen LogP) is 3.35. The summed E-state index contributed by atoms with van der Waals surface area (Å²) < 4.78 is 16.4. The molecule has 0 saturated carbocycles. The highest BCUT2D eigenvalue weighted by Gasteiger charge is 2.56. The third kappa shape index (κ3) is 4.77. The lowest BCUT2D eigenvalue weighted by molar-refractivity contribution is -0.123. The highest BCUT2D eigenvalue weighted by molar-refractivity contribution is 7.98. The number of phenolic OH excluding ortho intramolecular Hbond substituents is 2. The van der Waals surface area contributed by atoms with E-state index in [2.05, 4.69) is 15.3 Å². The number of carbonyl (C=O) groups is 3. The van der Waals surface area contributed by atoms with Gasteiger partial charge < -0.3 is 34.7 Å². The van der Waals surface area contributed by atoms with Gasteiger partial charge in [-0.3, -0.25) is 19.2 Å². The third-order valence-electron chi connectivity index (χ3n) is 7.89. The van der Waals surface area contributed by atoms with Crippen molar-refractivity contribution >= 4 is 40.0 Å². The van der Waals surface area contributed by atoms with Crippen molar-refractivity contribution < 1.29 is 38.8 Å². The van der Waals surface area contributed by atoms with Gasteiger partial charge in [-0.2, -0.15) is 11.8 Å². The van der Waals surface area contributed by atoms with Crippen molar-refractivity contribution in [2.24, 2.45) is 0 Å². The first-order valence-electron chi connectivity index (χ1n) is 13.6. The van der Waals surface area contributed by atoms with Crippen molar-refractivity contribution in [3.05, 3.63) is 68.1 Å². The molecule has 230 valence electrons. The minimum Gasteiger partial charge on any atom is -0.507 e. The number of rotatable bonds is 9. The van der Waals surface area contributed by atoms with Crippen LogP contribution in [0.5, 0.6) is 28.7 Å². The number of methoxy groups -OCH3 is 2. The Hall–Kier alpha value is -4.78. The highest BCUT2D eigenvalue weighted by Crippen LogP contribution is 2.57. The van der Waals surface area contributed by atoms with Gasteiger partial charge in [-0.15, -0.1) is 0 Å². The smallest absolute Gasteiger partial charge is 0.258 e. The van der Waals surface area contributed by atoms with E-state index in [0.29, 0.717) is 52.0 Å². The number of hydrogen-bond donors (Lipinski definition) is 4. The first-order chi connectivity index (χ1) is 20.8. The molecule has 1 atom stereocenters. The number of ketones is 3. The molecule has 0 saturated heterocycles. The van der Waals surface area contributed by atoms with Gasteiger partial charge in [-0.05, 0) is 33.8 Å². The number of benzene rings is 2. The number of aromatic nitrogens is 2. The van der Waals surface area contributed by atoms with Crippen LogP contribution in [-0.4, -0.2) is 64.0 Å². The summed E-state index contributed by atoms with van der Waals surface area (Å²) in [5.74, 6) is -0.358. The summed E-state index contributed by atoms with van der Waals surface area (Å²) in [6, 6.07) is 3.22. The Labute approximate surface area is 256 Å². The SMILES string of the molecule is COc1cc2nc(CSCCNC(C)=C3C(=O)C=C4Oc5c(C(C)=O)c(O)c(C)c(O)c5[C@@]4(C)C3=O)[nH]c(=O)c2cc1OC. The summed E-state index contributed by atoms with van der Waals surface area (Å²) in [7, 11) is 2.99. The monoisotopic (exact) mass is 621 g/mol. The Morgan fingerprint density at radius 3 is 2.45 bits per heavy atom. The Kier molecular flexibility index (Phi) is 7.93. The lowest BCUT2D eigenvalue weighted by atomic mass is 9.70. The van der Waals surface area contributed by atoms with E-state index < -0.39 is 28.5 Å². The van der Waals surface area contributed by atoms with E-state index in [1.165, 1.54) is 52.8 Å². The van der Waals surface area contributed by atoms with Crippen molar-refractivity contribution in [2.75, 3.05) is 26.5 Å². The summed E-state index contributed by atoms with van der Waals surface area (Å²) in [5.41, 5.74) is -1.26. The molecule has 4 N–H and O–H groups in total. The number of carbonyl (C=O) groups excluding carboxylic acids is 3. The molecule has 12 nitrogen and oxygen atoms in total. The number of fused-ring (bicyclic) bond motifs is 4. The second-order valence-corrected chi connectivity index (χ2v) is 11.7. The number of Topliss-reactive ketones (excluding diaryl/α,β-unsaturated/α-hetero) is 2. The standard InChI is InChI=1S/C31H31N3O9S/c1-13-26(37)24(15(3)35)28-25(27(13)38)31(4)21(43-28)11-18(36)23(29(31)39)14(2)32-7-8-44-12-22-33-17-10-20(42-6)19(41-5)9-16(17)30(40)34-22/h9-11,32,37-38H,7-8,12H2,1-6H3,(H,33,34,40)/t31-/m0/s1. The fourth-order valence-corrected chi connectivity index (χ4v) is 6.23. The van der Waals surface area contributed by atoms with Crippen LogP contribution in [0, 0.1) is 6.92 Å². The van der Waals surface area contributed by atoms with Crippen molar-refractivity contribution in [1.82, 2.24) is 15.3 Å². The van der Waals surface area contributed by atoms with Gasteiger partial charge in [-0.1, -0.05) is 0 Å². The summed E-state index contributed by atoms with van der Waals surface area (Å²) >= 11 is 1.48. The molecule has 1 aliphatic carbocycles.